The summed E-state index contributed by atoms with van der Waals surface area (Å²) >= 11 is 0. The van der Waals surface area contributed by atoms with Crippen molar-refractivity contribution < 1.29 is 27.8 Å². The van der Waals surface area contributed by atoms with Crippen LogP contribution in [0, 0.1) is 0 Å². The topological polar surface area (TPSA) is 71.5 Å². The van der Waals surface area contributed by atoms with Crippen LogP contribution in [0.4, 0.5) is 13.2 Å². The van der Waals surface area contributed by atoms with Gasteiger partial charge in [0.05, 0.1) is 12.1 Å². The van der Waals surface area contributed by atoms with Crippen LogP contribution in [0.3, 0.4) is 0 Å². The van der Waals surface area contributed by atoms with Crippen LogP contribution in [-0.2, 0) is 6.18 Å². The van der Waals surface area contributed by atoms with Gasteiger partial charge in [0, 0.05) is 17.8 Å². The second kappa shape index (κ2) is 6.99. The second-order valence-electron chi connectivity index (χ2n) is 4.50. The van der Waals surface area contributed by atoms with Crippen molar-refractivity contribution in [1.29, 1.82) is 0 Å². The molecule has 0 bridgehead atoms. The molecule has 0 aliphatic carbocycles. The highest BCUT2D eigenvalue weighted by Crippen LogP contribution is 2.35. The zero-order chi connectivity index (χ0) is 16.9. The summed E-state index contributed by atoms with van der Waals surface area (Å²) in [5.74, 6) is -1.24. The lowest BCUT2D eigenvalue weighted by atomic mass is 10.1. The van der Waals surface area contributed by atoms with E-state index in [2.05, 4.69) is 10.3 Å². The largest absolute Gasteiger partial charge is 0.507 e. The minimum atomic E-state index is -4.73. The van der Waals surface area contributed by atoms with Gasteiger partial charge in [0.15, 0.2) is 0 Å². The smallest absolute Gasteiger partial charge is 0.419 e. The molecule has 1 amide bonds. The number of pyridine rings is 1. The summed E-state index contributed by atoms with van der Waals surface area (Å²) in [6, 6.07) is 7.64. The summed E-state index contributed by atoms with van der Waals surface area (Å²) in [6.45, 7) is 0.213. The number of rotatable bonds is 5. The molecule has 2 aromatic rings. The lowest BCUT2D eigenvalue weighted by molar-refractivity contribution is -0.138. The molecule has 1 aromatic carbocycles. The summed E-state index contributed by atoms with van der Waals surface area (Å²) in [6.07, 6.45) is -3.19. The number of alkyl halides is 3. The van der Waals surface area contributed by atoms with Crippen molar-refractivity contribution in [2.75, 3.05) is 13.2 Å². The Morgan fingerprint density at radius 1 is 1.26 bits per heavy atom. The molecule has 5 nitrogen and oxygen atoms in total. The Kier molecular flexibility index (Phi) is 5.05. The highest BCUT2D eigenvalue weighted by molar-refractivity contribution is 5.94. The van der Waals surface area contributed by atoms with Crippen LogP contribution < -0.4 is 10.1 Å². The maximum atomic E-state index is 12.7. The second-order valence-corrected chi connectivity index (χ2v) is 4.50. The number of aromatic nitrogens is 1. The van der Waals surface area contributed by atoms with Gasteiger partial charge in [0.1, 0.15) is 12.4 Å². The normalized spacial score (nSPS) is 11.1. The molecule has 0 spiro atoms. The van der Waals surface area contributed by atoms with Crippen LogP contribution in [0.1, 0.15) is 15.9 Å². The van der Waals surface area contributed by atoms with Crippen LogP contribution in [0.15, 0.2) is 42.6 Å². The number of halogens is 3. The highest BCUT2D eigenvalue weighted by Gasteiger charge is 2.34. The molecule has 2 N–H and O–H groups in total. The van der Waals surface area contributed by atoms with Crippen molar-refractivity contribution in [3.05, 3.63) is 53.7 Å². The Hall–Kier alpha value is -2.77. The van der Waals surface area contributed by atoms with Gasteiger partial charge in [-0.05, 0) is 24.3 Å². The maximum absolute atomic E-state index is 12.7. The van der Waals surface area contributed by atoms with E-state index in [1.54, 1.807) is 24.4 Å². The molecule has 0 saturated heterocycles. The molecule has 23 heavy (non-hydrogen) atoms. The monoisotopic (exact) mass is 326 g/mol. The zero-order valence-electron chi connectivity index (χ0n) is 11.8. The van der Waals surface area contributed by atoms with E-state index in [0.29, 0.717) is 11.9 Å². The first kappa shape index (κ1) is 16.6. The molecular weight excluding hydrogens is 313 g/mol. The molecule has 0 unspecified atom stereocenters. The van der Waals surface area contributed by atoms with E-state index >= 15 is 0 Å². The van der Waals surface area contributed by atoms with Gasteiger partial charge < -0.3 is 15.2 Å². The van der Waals surface area contributed by atoms with E-state index in [1.165, 1.54) is 0 Å². The molecule has 122 valence electrons. The van der Waals surface area contributed by atoms with Gasteiger partial charge in [-0.3, -0.25) is 4.79 Å². The summed E-state index contributed by atoms with van der Waals surface area (Å²) in [7, 11) is 0. The number of nitrogens with zero attached hydrogens (tertiary/aromatic N) is 1. The number of amides is 1. The predicted molar refractivity (Wildman–Crippen MR) is 75.2 cm³/mol. The van der Waals surface area contributed by atoms with Crippen molar-refractivity contribution in [2.45, 2.75) is 6.18 Å². The average molecular weight is 326 g/mol. The fourth-order valence-electron chi connectivity index (χ4n) is 1.76. The van der Waals surface area contributed by atoms with E-state index < -0.39 is 23.4 Å². The third kappa shape index (κ3) is 4.60. The molecule has 1 aromatic heterocycles. The van der Waals surface area contributed by atoms with E-state index in [9.17, 15) is 23.1 Å². The molecule has 0 atom stereocenters. The Labute approximate surface area is 129 Å². The van der Waals surface area contributed by atoms with Gasteiger partial charge in [0.25, 0.3) is 5.91 Å². The predicted octanol–water partition coefficient (Wildman–Crippen LogP) is 2.61. The molecular formula is C15H13F3N2O3. The number of aromatic hydroxyl groups is 1. The third-order valence-corrected chi connectivity index (χ3v) is 2.84. The minimum Gasteiger partial charge on any atom is -0.507 e. The summed E-state index contributed by atoms with van der Waals surface area (Å²) in [4.78, 5) is 15.7. The molecule has 0 saturated carbocycles. The van der Waals surface area contributed by atoms with Crippen molar-refractivity contribution in [3.8, 4) is 11.6 Å². The number of carbonyl (C=O) groups is 1. The first-order valence-corrected chi connectivity index (χ1v) is 6.60. The van der Waals surface area contributed by atoms with Crippen molar-refractivity contribution in [1.82, 2.24) is 10.3 Å². The molecule has 0 radical (unpaired) electrons. The number of nitrogens with one attached hydrogen (secondary N) is 1. The Bertz CT molecular complexity index is 675. The van der Waals surface area contributed by atoms with Crippen LogP contribution in [0.2, 0.25) is 0 Å². The average Bonchev–Trinajstić information content (AvgIpc) is 2.51. The maximum Gasteiger partial charge on any atom is 0.419 e. The first-order chi connectivity index (χ1) is 10.9. The molecule has 8 heteroatoms. The van der Waals surface area contributed by atoms with Gasteiger partial charge in [-0.1, -0.05) is 6.07 Å². The lowest BCUT2D eigenvalue weighted by Crippen LogP contribution is -2.28. The van der Waals surface area contributed by atoms with E-state index in [-0.39, 0.29) is 18.7 Å². The molecule has 0 aliphatic heterocycles. The van der Waals surface area contributed by atoms with Gasteiger partial charge >= 0.3 is 6.18 Å². The van der Waals surface area contributed by atoms with Crippen molar-refractivity contribution in [2.24, 2.45) is 0 Å². The summed E-state index contributed by atoms with van der Waals surface area (Å²) < 4.78 is 43.2. The summed E-state index contributed by atoms with van der Waals surface area (Å²) in [5.41, 5.74) is -1.46. The molecule has 0 aliphatic rings. The first-order valence-electron chi connectivity index (χ1n) is 6.60. The van der Waals surface area contributed by atoms with Crippen molar-refractivity contribution >= 4 is 5.91 Å². The standard InChI is InChI=1S/C15H13F3N2O3/c16-15(17,18)11-9-10(4-5-12(11)21)14(22)20-7-8-23-13-3-1-2-6-19-13/h1-6,9,21H,7-8H2,(H,20,22). The fourth-order valence-corrected chi connectivity index (χ4v) is 1.76. The number of benzene rings is 1. The van der Waals surface area contributed by atoms with E-state index in [4.69, 9.17) is 4.74 Å². The van der Waals surface area contributed by atoms with Crippen LogP contribution in [-0.4, -0.2) is 29.1 Å². The zero-order valence-corrected chi connectivity index (χ0v) is 11.8. The van der Waals surface area contributed by atoms with Gasteiger partial charge in [0.2, 0.25) is 5.88 Å². The number of phenolic OH excluding ortho intramolecular Hbond substituents is 1. The Morgan fingerprint density at radius 3 is 2.70 bits per heavy atom. The third-order valence-electron chi connectivity index (χ3n) is 2.84. The molecule has 0 fully saturated rings. The number of hydrogen-bond donors (Lipinski definition) is 2. The van der Waals surface area contributed by atoms with Gasteiger partial charge in [-0.15, -0.1) is 0 Å². The van der Waals surface area contributed by atoms with Crippen LogP contribution in [0.5, 0.6) is 11.6 Å². The number of phenols is 1. The van der Waals surface area contributed by atoms with Gasteiger partial charge in [-0.25, -0.2) is 4.98 Å². The SMILES string of the molecule is O=C(NCCOc1ccccn1)c1ccc(O)c(C(F)(F)F)c1. The quantitative estimate of drug-likeness (QED) is 0.829. The number of ether oxygens (including phenoxy) is 1. The molecule has 1 heterocycles. The minimum absolute atomic E-state index is 0.0949. The number of carbonyl (C=O) groups excluding carboxylic acids is 1. The molecule has 2 rings (SSSR count). The number of hydrogen-bond acceptors (Lipinski definition) is 4. The van der Waals surface area contributed by atoms with E-state index in [1.807, 2.05) is 0 Å². The van der Waals surface area contributed by atoms with E-state index in [0.717, 1.165) is 12.1 Å². The van der Waals surface area contributed by atoms with Crippen LogP contribution in [0.25, 0.3) is 0 Å². The summed E-state index contributed by atoms with van der Waals surface area (Å²) in [5, 5.41) is 11.6. The lowest BCUT2D eigenvalue weighted by Gasteiger charge is -2.11. The van der Waals surface area contributed by atoms with Crippen molar-refractivity contribution in [3.63, 3.8) is 0 Å². The van der Waals surface area contributed by atoms with Gasteiger partial charge in [-0.2, -0.15) is 13.2 Å². The Morgan fingerprint density at radius 2 is 2.04 bits per heavy atom. The Balaban J connectivity index is 1.91. The highest BCUT2D eigenvalue weighted by atomic mass is 19.4. The fraction of sp³-hybridized carbons (Fsp3) is 0.200. The van der Waals surface area contributed by atoms with Crippen LogP contribution >= 0.6 is 0 Å².